The molecular weight excluding hydrogens is 220 g/mol. The molecule has 16 heavy (non-hydrogen) atoms. The highest BCUT2D eigenvalue weighted by Gasteiger charge is 2.15. The zero-order chi connectivity index (χ0) is 11.4. The summed E-state index contributed by atoms with van der Waals surface area (Å²) in [6, 6.07) is 8.17. The summed E-state index contributed by atoms with van der Waals surface area (Å²) in [5.41, 5.74) is 2.45. The Morgan fingerprint density at radius 3 is 2.69 bits per heavy atom. The van der Waals surface area contributed by atoms with Crippen LogP contribution in [0.25, 0.3) is 5.57 Å². The summed E-state index contributed by atoms with van der Waals surface area (Å²) in [5.74, 6) is 0.958. The first-order valence-electron chi connectivity index (χ1n) is 5.92. The molecular formula is C14H17ClO. The molecule has 0 bridgehead atoms. The minimum Gasteiger partial charge on any atom is -0.493 e. The summed E-state index contributed by atoms with van der Waals surface area (Å²) in [7, 11) is 0. The van der Waals surface area contributed by atoms with Crippen molar-refractivity contribution < 1.29 is 4.74 Å². The fourth-order valence-electron chi connectivity index (χ4n) is 2.15. The third-order valence-corrected chi connectivity index (χ3v) is 3.33. The van der Waals surface area contributed by atoms with Gasteiger partial charge in [0, 0.05) is 10.6 Å². The maximum Gasteiger partial charge on any atom is 0.126 e. The normalized spacial score (nSPS) is 16.4. The standard InChI is InChI=1S/C14H17ClO/c1-2-16-14-10-6-4-8-12(14)11-7-3-5-9-13(11)15/h4,6,8,10H,2-3,5,7,9H2,1H3. The minimum atomic E-state index is 0.696. The lowest BCUT2D eigenvalue weighted by atomic mass is 9.93. The molecule has 1 aliphatic carbocycles. The van der Waals surface area contributed by atoms with E-state index in [9.17, 15) is 0 Å². The maximum absolute atomic E-state index is 6.31. The van der Waals surface area contributed by atoms with Gasteiger partial charge in [0.2, 0.25) is 0 Å². The third kappa shape index (κ3) is 2.41. The molecule has 0 fully saturated rings. The maximum atomic E-state index is 6.31. The lowest BCUT2D eigenvalue weighted by Gasteiger charge is -2.18. The van der Waals surface area contributed by atoms with Crippen LogP contribution in [0.1, 0.15) is 38.2 Å². The highest BCUT2D eigenvalue weighted by molar-refractivity contribution is 6.32. The van der Waals surface area contributed by atoms with Crippen LogP contribution in [0.3, 0.4) is 0 Å². The summed E-state index contributed by atoms with van der Waals surface area (Å²) in [5, 5.41) is 1.01. The van der Waals surface area contributed by atoms with Crippen molar-refractivity contribution >= 4 is 17.2 Å². The zero-order valence-corrected chi connectivity index (χ0v) is 10.4. The minimum absolute atomic E-state index is 0.696. The van der Waals surface area contributed by atoms with Gasteiger partial charge in [0.1, 0.15) is 5.75 Å². The van der Waals surface area contributed by atoms with E-state index in [-0.39, 0.29) is 0 Å². The molecule has 0 saturated heterocycles. The largest absolute Gasteiger partial charge is 0.493 e. The lowest BCUT2D eigenvalue weighted by molar-refractivity contribution is 0.339. The lowest BCUT2D eigenvalue weighted by Crippen LogP contribution is -2.00. The van der Waals surface area contributed by atoms with Crippen molar-refractivity contribution in [1.29, 1.82) is 0 Å². The molecule has 2 rings (SSSR count). The Morgan fingerprint density at radius 2 is 1.94 bits per heavy atom. The van der Waals surface area contributed by atoms with Crippen LogP contribution in [-0.2, 0) is 0 Å². The van der Waals surface area contributed by atoms with E-state index in [4.69, 9.17) is 16.3 Å². The summed E-state index contributed by atoms with van der Waals surface area (Å²) in [6.07, 6.45) is 4.52. The second-order valence-electron chi connectivity index (χ2n) is 4.02. The first-order valence-corrected chi connectivity index (χ1v) is 6.30. The Morgan fingerprint density at radius 1 is 1.19 bits per heavy atom. The second kappa shape index (κ2) is 5.40. The van der Waals surface area contributed by atoms with Crippen LogP contribution in [0, 0.1) is 0 Å². The van der Waals surface area contributed by atoms with Crippen LogP contribution in [0.15, 0.2) is 29.3 Å². The average Bonchev–Trinajstić information content (AvgIpc) is 2.31. The van der Waals surface area contributed by atoms with Crippen molar-refractivity contribution in [2.24, 2.45) is 0 Å². The van der Waals surface area contributed by atoms with Gasteiger partial charge in [0.15, 0.2) is 0 Å². The predicted octanol–water partition coefficient (Wildman–Crippen LogP) is 4.61. The zero-order valence-electron chi connectivity index (χ0n) is 9.63. The monoisotopic (exact) mass is 236 g/mol. The smallest absolute Gasteiger partial charge is 0.126 e. The highest BCUT2D eigenvalue weighted by Crippen LogP contribution is 2.38. The van der Waals surface area contributed by atoms with E-state index < -0.39 is 0 Å². The number of halogens is 1. The molecule has 0 saturated carbocycles. The fourth-order valence-corrected chi connectivity index (χ4v) is 2.48. The van der Waals surface area contributed by atoms with E-state index in [1.54, 1.807) is 0 Å². The molecule has 1 aromatic rings. The van der Waals surface area contributed by atoms with Crippen molar-refractivity contribution in [3.05, 3.63) is 34.9 Å². The van der Waals surface area contributed by atoms with Gasteiger partial charge in [-0.05, 0) is 44.2 Å². The third-order valence-electron chi connectivity index (χ3n) is 2.91. The van der Waals surface area contributed by atoms with Gasteiger partial charge in [0.25, 0.3) is 0 Å². The molecule has 0 aliphatic heterocycles. The summed E-state index contributed by atoms with van der Waals surface area (Å²) >= 11 is 6.31. The van der Waals surface area contributed by atoms with Gasteiger partial charge in [-0.25, -0.2) is 0 Å². The van der Waals surface area contributed by atoms with E-state index in [1.165, 1.54) is 24.0 Å². The van der Waals surface area contributed by atoms with E-state index in [1.807, 2.05) is 25.1 Å². The molecule has 0 amide bonds. The van der Waals surface area contributed by atoms with Gasteiger partial charge in [-0.2, -0.15) is 0 Å². The molecule has 0 radical (unpaired) electrons. The predicted molar refractivity (Wildman–Crippen MR) is 68.9 cm³/mol. The van der Waals surface area contributed by atoms with Crippen molar-refractivity contribution in [1.82, 2.24) is 0 Å². The van der Waals surface area contributed by atoms with E-state index in [2.05, 4.69) is 6.07 Å². The van der Waals surface area contributed by atoms with E-state index in [0.29, 0.717) is 6.61 Å². The Balaban J connectivity index is 2.38. The Bertz CT molecular complexity index is 395. The second-order valence-corrected chi connectivity index (χ2v) is 4.48. The van der Waals surface area contributed by atoms with Crippen LogP contribution in [-0.4, -0.2) is 6.61 Å². The van der Waals surface area contributed by atoms with Gasteiger partial charge < -0.3 is 4.74 Å². The van der Waals surface area contributed by atoms with Gasteiger partial charge in [-0.3, -0.25) is 0 Å². The molecule has 1 aliphatic rings. The van der Waals surface area contributed by atoms with Crippen molar-refractivity contribution in [2.75, 3.05) is 6.61 Å². The highest BCUT2D eigenvalue weighted by atomic mass is 35.5. The number of ether oxygens (including phenoxy) is 1. The SMILES string of the molecule is CCOc1ccccc1C1=C(Cl)CCCC1. The molecule has 0 heterocycles. The molecule has 0 N–H and O–H groups in total. The molecule has 2 heteroatoms. The van der Waals surface area contributed by atoms with Crippen molar-refractivity contribution in [3.8, 4) is 5.75 Å². The molecule has 0 spiro atoms. The van der Waals surface area contributed by atoms with Crippen molar-refractivity contribution in [2.45, 2.75) is 32.6 Å². The Kier molecular flexibility index (Phi) is 3.89. The quantitative estimate of drug-likeness (QED) is 0.745. The number of rotatable bonds is 3. The summed E-state index contributed by atoms with van der Waals surface area (Å²) < 4.78 is 5.65. The molecule has 0 atom stereocenters. The molecule has 1 nitrogen and oxygen atoms in total. The summed E-state index contributed by atoms with van der Waals surface area (Å²) in [6.45, 7) is 2.70. The molecule has 1 aromatic carbocycles. The van der Waals surface area contributed by atoms with Gasteiger partial charge in [-0.1, -0.05) is 29.8 Å². The van der Waals surface area contributed by atoms with Crippen LogP contribution in [0.2, 0.25) is 0 Å². The van der Waals surface area contributed by atoms with Crippen LogP contribution in [0.4, 0.5) is 0 Å². The number of benzene rings is 1. The van der Waals surface area contributed by atoms with Crippen molar-refractivity contribution in [3.63, 3.8) is 0 Å². The van der Waals surface area contributed by atoms with Crippen LogP contribution >= 0.6 is 11.6 Å². The average molecular weight is 237 g/mol. The topological polar surface area (TPSA) is 9.23 Å². The molecule has 86 valence electrons. The summed E-state index contributed by atoms with van der Waals surface area (Å²) in [4.78, 5) is 0. The Labute approximate surface area is 102 Å². The van der Waals surface area contributed by atoms with Gasteiger partial charge >= 0.3 is 0 Å². The number of para-hydroxylation sites is 1. The number of hydrogen-bond acceptors (Lipinski definition) is 1. The number of allylic oxidation sites excluding steroid dienone is 2. The molecule has 0 aromatic heterocycles. The first-order chi connectivity index (χ1) is 7.83. The molecule has 0 unspecified atom stereocenters. The van der Waals surface area contributed by atoms with E-state index in [0.717, 1.165) is 23.6 Å². The first kappa shape index (κ1) is 11.5. The Hall–Kier alpha value is -0.950. The van der Waals surface area contributed by atoms with E-state index >= 15 is 0 Å². The number of hydrogen-bond donors (Lipinski definition) is 0. The van der Waals surface area contributed by atoms with Crippen LogP contribution < -0.4 is 4.74 Å². The van der Waals surface area contributed by atoms with Gasteiger partial charge in [0.05, 0.1) is 6.61 Å². The van der Waals surface area contributed by atoms with Gasteiger partial charge in [-0.15, -0.1) is 0 Å². The van der Waals surface area contributed by atoms with Crippen LogP contribution in [0.5, 0.6) is 5.75 Å². The fraction of sp³-hybridized carbons (Fsp3) is 0.429.